The molecule has 3 rings (SSSR count). The van der Waals surface area contributed by atoms with Crippen molar-refractivity contribution in [1.82, 2.24) is 9.78 Å². The highest BCUT2D eigenvalue weighted by atomic mass is 35.5. The van der Waals surface area contributed by atoms with Crippen LogP contribution in [0.2, 0.25) is 5.02 Å². The van der Waals surface area contributed by atoms with Crippen LogP contribution < -0.4 is 5.32 Å². The van der Waals surface area contributed by atoms with Gasteiger partial charge in [0.25, 0.3) is 5.91 Å². The minimum Gasteiger partial charge on any atom is -0.322 e. The van der Waals surface area contributed by atoms with E-state index in [1.807, 2.05) is 0 Å². The maximum Gasteiger partial charge on any atom is 0.435 e. The van der Waals surface area contributed by atoms with Gasteiger partial charge >= 0.3 is 12.4 Å². The summed E-state index contributed by atoms with van der Waals surface area (Å²) in [7, 11) is 0. The van der Waals surface area contributed by atoms with E-state index in [1.165, 1.54) is 18.2 Å². The van der Waals surface area contributed by atoms with Crippen molar-refractivity contribution >= 4 is 23.2 Å². The predicted octanol–water partition coefficient (Wildman–Crippen LogP) is 5.95. The van der Waals surface area contributed by atoms with Crippen molar-refractivity contribution in [1.29, 1.82) is 0 Å². The largest absolute Gasteiger partial charge is 0.435 e. The highest BCUT2D eigenvalue weighted by Gasteiger charge is 2.42. The van der Waals surface area contributed by atoms with Gasteiger partial charge < -0.3 is 5.32 Å². The molecule has 0 spiro atoms. The summed E-state index contributed by atoms with van der Waals surface area (Å²) < 4.78 is 91.0. The van der Waals surface area contributed by atoms with Crippen LogP contribution in [0.1, 0.15) is 21.7 Å². The number of alkyl halides is 6. The van der Waals surface area contributed by atoms with Gasteiger partial charge in [0.15, 0.2) is 5.69 Å². The van der Waals surface area contributed by atoms with Crippen molar-refractivity contribution in [3.63, 3.8) is 0 Å². The van der Waals surface area contributed by atoms with Gasteiger partial charge in [0.05, 0.1) is 10.7 Å². The van der Waals surface area contributed by atoms with E-state index in [4.69, 9.17) is 11.6 Å². The minimum absolute atomic E-state index is 0.0201. The Morgan fingerprint density at radius 1 is 0.933 bits per heavy atom. The molecule has 30 heavy (non-hydrogen) atoms. The van der Waals surface area contributed by atoms with Gasteiger partial charge in [0, 0.05) is 17.3 Å². The van der Waals surface area contributed by atoms with Crippen molar-refractivity contribution in [3.05, 3.63) is 76.3 Å². The average Bonchev–Trinajstić information content (AvgIpc) is 3.11. The first-order chi connectivity index (χ1) is 13.9. The van der Waals surface area contributed by atoms with Gasteiger partial charge in [-0.3, -0.25) is 4.79 Å². The van der Waals surface area contributed by atoms with Crippen LogP contribution in [-0.2, 0) is 12.4 Å². The molecular formula is C18H9ClF7N3O. The van der Waals surface area contributed by atoms with Crippen LogP contribution >= 0.6 is 11.6 Å². The Hall–Kier alpha value is -3.08. The molecule has 0 fully saturated rings. The molecule has 1 aromatic heterocycles. The number of hydrogen-bond donors (Lipinski definition) is 1. The fourth-order valence-electron chi connectivity index (χ4n) is 2.44. The summed E-state index contributed by atoms with van der Waals surface area (Å²) in [6.07, 6.45) is -10.1. The van der Waals surface area contributed by atoms with Gasteiger partial charge in [0.1, 0.15) is 11.5 Å². The Labute approximate surface area is 168 Å². The van der Waals surface area contributed by atoms with Crippen LogP contribution in [0.5, 0.6) is 0 Å². The lowest BCUT2D eigenvalue weighted by atomic mass is 10.2. The highest BCUT2D eigenvalue weighted by Crippen LogP contribution is 2.36. The predicted molar refractivity (Wildman–Crippen MR) is 92.9 cm³/mol. The lowest BCUT2D eigenvalue weighted by Gasteiger charge is -2.11. The second-order valence-corrected chi connectivity index (χ2v) is 6.36. The first-order valence-corrected chi connectivity index (χ1v) is 8.35. The number of halogens is 8. The van der Waals surface area contributed by atoms with Crippen molar-refractivity contribution in [3.8, 4) is 5.69 Å². The van der Waals surface area contributed by atoms with Gasteiger partial charge in [-0.2, -0.15) is 31.4 Å². The second kappa shape index (κ2) is 7.63. The second-order valence-electron chi connectivity index (χ2n) is 5.95. The summed E-state index contributed by atoms with van der Waals surface area (Å²) in [4.78, 5) is 12.1. The number of amides is 1. The number of hydrogen-bond acceptors (Lipinski definition) is 2. The molecule has 1 amide bonds. The van der Waals surface area contributed by atoms with Crippen molar-refractivity contribution in [2.45, 2.75) is 12.4 Å². The van der Waals surface area contributed by atoms with Crippen LogP contribution in [0.3, 0.4) is 0 Å². The Balaban J connectivity index is 1.88. The number of aromatic nitrogens is 2. The smallest absolute Gasteiger partial charge is 0.322 e. The molecule has 1 N–H and O–H groups in total. The molecule has 2 aromatic carbocycles. The van der Waals surface area contributed by atoms with Gasteiger partial charge in [-0.1, -0.05) is 11.6 Å². The molecule has 4 nitrogen and oxygen atoms in total. The van der Waals surface area contributed by atoms with Crippen molar-refractivity contribution in [2.24, 2.45) is 0 Å². The standard InChI is InChI=1S/C18H9ClF7N3O/c19-12-7-9(1-6-13(12)20)16(30)27-10-2-4-11(5-3-10)29-15(18(24,25)26)8-14(28-29)17(21,22)23/h1-8H,(H,27,30). The highest BCUT2D eigenvalue weighted by molar-refractivity contribution is 6.31. The molecule has 0 unspecified atom stereocenters. The first-order valence-electron chi connectivity index (χ1n) is 7.97. The molecule has 158 valence electrons. The fourth-order valence-corrected chi connectivity index (χ4v) is 2.63. The van der Waals surface area contributed by atoms with E-state index < -0.39 is 35.5 Å². The van der Waals surface area contributed by atoms with Gasteiger partial charge in [-0.15, -0.1) is 0 Å². The maximum absolute atomic E-state index is 13.2. The zero-order chi connectivity index (χ0) is 22.3. The normalized spacial score (nSPS) is 12.1. The van der Waals surface area contributed by atoms with Crippen LogP contribution in [-0.4, -0.2) is 15.7 Å². The number of rotatable bonds is 3. The third-order valence-corrected chi connectivity index (χ3v) is 4.13. The monoisotopic (exact) mass is 451 g/mol. The summed E-state index contributed by atoms with van der Waals surface area (Å²) in [6, 6.07) is 7.59. The molecule has 0 aliphatic heterocycles. The van der Waals surface area contributed by atoms with E-state index in [2.05, 4.69) is 10.4 Å². The summed E-state index contributed by atoms with van der Waals surface area (Å²) in [5, 5.41) is 5.13. The zero-order valence-corrected chi connectivity index (χ0v) is 15.2. The third kappa shape index (κ3) is 4.56. The molecule has 12 heteroatoms. The Bertz CT molecular complexity index is 1090. The average molecular weight is 452 g/mol. The number of anilines is 1. The molecule has 0 aliphatic rings. The molecule has 0 radical (unpaired) electrons. The number of carbonyl (C=O) groups is 1. The summed E-state index contributed by atoms with van der Waals surface area (Å²) in [6.45, 7) is 0. The first kappa shape index (κ1) is 21.6. The number of carbonyl (C=O) groups excluding carboxylic acids is 1. The molecular weight excluding hydrogens is 443 g/mol. The summed E-state index contributed by atoms with van der Waals surface area (Å²) in [5.41, 5.74) is -3.46. The van der Waals surface area contributed by atoms with Crippen LogP contribution in [0.4, 0.5) is 36.4 Å². The molecule has 0 bridgehead atoms. The summed E-state index contributed by atoms with van der Waals surface area (Å²) in [5.74, 6) is -1.41. The number of nitrogens with zero attached hydrogens (tertiary/aromatic N) is 2. The van der Waals surface area contributed by atoms with Gasteiger partial charge in [-0.05, 0) is 42.5 Å². The molecule has 0 saturated heterocycles. The van der Waals surface area contributed by atoms with Gasteiger partial charge in [-0.25, -0.2) is 9.07 Å². The Morgan fingerprint density at radius 3 is 2.10 bits per heavy atom. The number of benzene rings is 2. The zero-order valence-electron chi connectivity index (χ0n) is 14.4. The minimum atomic E-state index is -5.08. The molecule has 0 atom stereocenters. The van der Waals surface area contributed by atoms with Crippen molar-refractivity contribution < 1.29 is 35.5 Å². The van der Waals surface area contributed by atoms with Crippen LogP contribution in [0, 0.1) is 5.82 Å². The third-order valence-electron chi connectivity index (χ3n) is 3.84. The van der Waals surface area contributed by atoms with E-state index in [-0.39, 0.29) is 32.7 Å². The molecule has 3 aromatic rings. The fraction of sp³-hybridized carbons (Fsp3) is 0.111. The Morgan fingerprint density at radius 2 is 1.57 bits per heavy atom. The SMILES string of the molecule is O=C(Nc1ccc(-n2nc(C(F)(F)F)cc2C(F)(F)F)cc1)c1ccc(F)c(Cl)c1. The van der Waals surface area contributed by atoms with Crippen LogP contribution in [0.15, 0.2) is 48.5 Å². The maximum atomic E-state index is 13.2. The van der Waals surface area contributed by atoms with E-state index in [0.29, 0.717) is 0 Å². The van der Waals surface area contributed by atoms with Crippen LogP contribution in [0.25, 0.3) is 5.69 Å². The van der Waals surface area contributed by atoms with E-state index in [9.17, 15) is 35.5 Å². The van der Waals surface area contributed by atoms with E-state index in [1.54, 1.807) is 0 Å². The number of nitrogens with one attached hydrogen (secondary N) is 1. The lowest BCUT2D eigenvalue weighted by molar-refractivity contribution is -0.143. The topological polar surface area (TPSA) is 46.9 Å². The molecule has 0 saturated carbocycles. The molecule has 0 aliphatic carbocycles. The molecule has 1 heterocycles. The van der Waals surface area contributed by atoms with Crippen molar-refractivity contribution in [2.75, 3.05) is 5.32 Å². The quantitative estimate of drug-likeness (QED) is 0.500. The van der Waals surface area contributed by atoms with E-state index >= 15 is 0 Å². The lowest BCUT2D eigenvalue weighted by Crippen LogP contribution is -2.14. The summed E-state index contributed by atoms with van der Waals surface area (Å²) >= 11 is 5.60. The van der Waals surface area contributed by atoms with E-state index in [0.717, 1.165) is 24.3 Å². The Kier molecular flexibility index (Phi) is 5.50. The van der Waals surface area contributed by atoms with Gasteiger partial charge in [0.2, 0.25) is 0 Å².